The standard InChI is InChI=1S/C21H23NO5/c1-14-6-5-7-15(2)21(14)22-19(23)13-27-20(24)11-8-16-12-17(25-3)9-10-18(16)26-4/h5-12H,13H2,1-4H3,(H,22,23)/b11-8+. The average molecular weight is 369 g/mol. The lowest BCUT2D eigenvalue weighted by atomic mass is 10.1. The van der Waals surface area contributed by atoms with Crippen LogP contribution in [0.1, 0.15) is 16.7 Å². The van der Waals surface area contributed by atoms with E-state index in [4.69, 9.17) is 14.2 Å². The summed E-state index contributed by atoms with van der Waals surface area (Å²) in [6, 6.07) is 10.9. The molecule has 2 aromatic rings. The average Bonchev–Trinajstić information content (AvgIpc) is 2.67. The van der Waals surface area contributed by atoms with Crippen LogP contribution < -0.4 is 14.8 Å². The van der Waals surface area contributed by atoms with Crippen LogP contribution in [0.4, 0.5) is 5.69 Å². The van der Waals surface area contributed by atoms with Gasteiger partial charge in [-0.05, 0) is 49.2 Å². The van der Waals surface area contributed by atoms with E-state index in [2.05, 4.69) is 5.32 Å². The molecule has 0 aliphatic rings. The van der Waals surface area contributed by atoms with Gasteiger partial charge in [0.2, 0.25) is 0 Å². The van der Waals surface area contributed by atoms with Crippen molar-refractivity contribution in [2.45, 2.75) is 13.8 Å². The van der Waals surface area contributed by atoms with Gasteiger partial charge in [-0.15, -0.1) is 0 Å². The minimum absolute atomic E-state index is 0.369. The highest BCUT2D eigenvalue weighted by Gasteiger charge is 2.09. The largest absolute Gasteiger partial charge is 0.497 e. The van der Waals surface area contributed by atoms with Gasteiger partial charge in [0.1, 0.15) is 11.5 Å². The number of hydrogen-bond donors (Lipinski definition) is 1. The molecule has 2 aromatic carbocycles. The first-order chi connectivity index (χ1) is 12.9. The molecule has 0 aliphatic carbocycles. The van der Waals surface area contributed by atoms with Gasteiger partial charge in [0.05, 0.1) is 14.2 Å². The molecule has 27 heavy (non-hydrogen) atoms. The number of para-hydroxylation sites is 1. The zero-order chi connectivity index (χ0) is 19.8. The van der Waals surface area contributed by atoms with Crippen molar-refractivity contribution < 1.29 is 23.8 Å². The summed E-state index contributed by atoms with van der Waals surface area (Å²) in [5, 5.41) is 2.76. The Morgan fingerprint density at radius 3 is 2.37 bits per heavy atom. The second-order valence-corrected chi connectivity index (χ2v) is 5.86. The molecule has 6 heteroatoms. The van der Waals surface area contributed by atoms with E-state index in [1.807, 2.05) is 32.0 Å². The van der Waals surface area contributed by atoms with Gasteiger partial charge >= 0.3 is 5.97 Å². The van der Waals surface area contributed by atoms with Gasteiger partial charge < -0.3 is 19.5 Å². The Hall–Kier alpha value is -3.28. The second-order valence-electron chi connectivity index (χ2n) is 5.86. The first-order valence-electron chi connectivity index (χ1n) is 8.37. The van der Waals surface area contributed by atoms with Crippen LogP contribution in [0.2, 0.25) is 0 Å². The Kier molecular flexibility index (Phi) is 7.00. The maximum atomic E-state index is 12.0. The summed E-state index contributed by atoms with van der Waals surface area (Å²) < 4.78 is 15.4. The lowest BCUT2D eigenvalue weighted by molar-refractivity contribution is -0.142. The monoisotopic (exact) mass is 369 g/mol. The van der Waals surface area contributed by atoms with E-state index < -0.39 is 11.9 Å². The topological polar surface area (TPSA) is 73.9 Å². The van der Waals surface area contributed by atoms with Crippen molar-refractivity contribution >= 4 is 23.6 Å². The molecule has 0 saturated carbocycles. The summed E-state index contributed by atoms with van der Waals surface area (Å²) in [5.41, 5.74) is 3.28. The van der Waals surface area contributed by atoms with Crippen LogP contribution in [0, 0.1) is 13.8 Å². The van der Waals surface area contributed by atoms with Gasteiger partial charge in [0.25, 0.3) is 5.91 Å². The van der Waals surface area contributed by atoms with Crippen LogP contribution >= 0.6 is 0 Å². The molecule has 1 N–H and O–H groups in total. The Bertz CT molecular complexity index is 837. The predicted molar refractivity (Wildman–Crippen MR) is 104 cm³/mol. The minimum atomic E-state index is -0.628. The third-order valence-electron chi connectivity index (χ3n) is 3.93. The molecular formula is C21H23NO5. The number of methoxy groups -OCH3 is 2. The van der Waals surface area contributed by atoms with E-state index in [0.717, 1.165) is 16.8 Å². The minimum Gasteiger partial charge on any atom is -0.497 e. The van der Waals surface area contributed by atoms with Crippen molar-refractivity contribution in [3.63, 3.8) is 0 Å². The van der Waals surface area contributed by atoms with E-state index in [9.17, 15) is 9.59 Å². The summed E-state index contributed by atoms with van der Waals surface area (Å²) in [6.07, 6.45) is 2.79. The van der Waals surface area contributed by atoms with Crippen LogP contribution in [-0.4, -0.2) is 32.7 Å². The van der Waals surface area contributed by atoms with Crippen LogP contribution in [0.15, 0.2) is 42.5 Å². The molecule has 2 rings (SSSR count). The molecule has 0 bridgehead atoms. The van der Waals surface area contributed by atoms with Crippen molar-refractivity contribution in [3.05, 3.63) is 59.2 Å². The van der Waals surface area contributed by atoms with Gasteiger partial charge in [-0.2, -0.15) is 0 Å². The molecule has 0 heterocycles. The molecule has 0 fully saturated rings. The highest BCUT2D eigenvalue weighted by molar-refractivity contribution is 5.95. The SMILES string of the molecule is COc1ccc(OC)c(/C=C/C(=O)OCC(=O)Nc2c(C)cccc2C)c1. The number of aryl methyl sites for hydroxylation is 2. The molecule has 142 valence electrons. The molecule has 0 spiro atoms. The number of amides is 1. The number of esters is 1. The number of carbonyl (C=O) groups excluding carboxylic acids is 2. The number of hydrogen-bond acceptors (Lipinski definition) is 5. The van der Waals surface area contributed by atoms with Crippen LogP contribution in [-0.2, 0) is 14.3 Å². The van der Waals surface area contributed by atoms with Gasteiger partial charge in [0.15, 0.2) is 6.61 Å². The fourth-order valence-electron chi connectivity index (χ4n) is 2.50. The van der Waals surface area contributed by atoms with E-state index >= 15 is 0 Å². The van der Waals surface area contributed by atoms with Crippen molar-refractivity contribution in [2.75, 3.05) is 26.1 Å². The van der Waals surface area contributed by atoms with Gasteiger partial charge in [-0.1, -0.05) is 18.2 Å². The quantitative estimate of drug-likeness (QED) is 0.597. The summed E-state index contributed by atoms with van der Waals surface area (Å²) in [7, 11) is 3.09. The Labute approximate surface area is 158 Å². The van der Waals surface area contributed by atoms with Gasteiger partial charge in [0, 0.05) is 17.3 Å². The second kappa shape index (κ2) is 9.43. The van der Waals surface area contributed by atoms with Crippen molar-refractivity contribution in [1.29, 1.82) is 0 Å². The number of anilines is 1. The molecule has 6 nitrogen and oxygen atoms in total. The van der Waals surface area contributed by atoms with Crippen molar-refractivity contribution in [3.8, 4) is 11.5 Å². The third kappa shape index (κ3) is 5.60. The smallest absolute Gasteiger partial charge is 0.331 e. The molecular weight excluding hydrogens is 346 g/mol. The highest BCUT2D eigenvalue weighted by atomic mass is 16.5. The van der Waals surface area contributed by atoms with E-state index in [-0.39, 0.29) is 6.61 Å². The first-order valence-corrected chi connectivity index (χ1v) is 8.37. The van der Waals surface area contributed by atoms with E-state index in [1.54, 1.807) is 31.4 Å². The zero-order valence-corrected chi connectivity index (χ0v) is 15.9. The summed E-state index contributed by atoms with van der Waals surface area (Å²) in [4.78, 5) is 23.9. The molecule has 0 radical (unpaired) electrons. The normalized spacial score (nSPS) is 10.5. The predicted octanol–water partition coefficient (Wildman–Crippen LogP) is 3.52. The van der Waals surface area contributed by atoms with Gasteiger partial charge in [-0.3, -0.25) is 4.79 Å². The number of nitrogens with one attached hydrogen (secondary N) is 1. The molecule has 0 unspecified atom stereocenters. The van der Waals surface area contributed by atoms with E-state index in [1.165, 1.54) is 13.2 Å². The Morgan fingerprint density at radius 2 is 1.74 bits per heavy atom. The number of carbonyl (C=O) groups is 2. The fourth-order valence-corrected chi connectivity index (χ4v) is 2.50. The number of benzene rings is 2. The summed E-state index contributed by atoms with van der Waals surface area (Å²) >= 11 is 0. The lowest BCUT2D eigenvalue weighted by Crippen LogP contribution is -2.21. The van der Waals surface area contributed by atoms with Crippen LogP contribution in [0.5, 0.6) is 11.5 Å². The maximum Gasteiger partial charge on any atom is 0.331 e. The fraction of sp³-hybridized carbons (Fsp3) is 0.238. The third-order valence-corrected chi connectivity index (χ3v) is 3.93. The first kappa shape index (κ1) is 20.0. The summed E-state index contributed by atoms with van der Waals surface area (Å²) in [6.45, 7) is 3.43. The number of ether oxygens (including phenoxy) is 3. The molecule has 1 amide bonds. The highest BCUT2D eigenvalue weighted by Crippen LogP contribution is 2.25. The van der Waals surface area contributed by atoms with Crippen LogP contribution in [0.25, 0.3) is 6.08 Å². The Morgan fingerprint density at radius 1 is 1.04 bits per heavy atom. The van der Waals surface area contributed by atoms with Crippen molar-refractivity contribution in [2.24, 2.45) is 0 Å². The zero-order valence-electron chi connectivity index (χ0n) is 15.9. The number of rotatable bonds is 7. The lowest BCUT2D eigenvalue weighted by Gasteiger charge is -2.11. The molecule has 0 saturated heterocycles. The maximum absolute atomic E-state index is 12.0. The van der Waals surface area contributed by atoms with E-state index in [0.29, 0.717) is 17.1 Å². The summed E-state index contributed by atoms with van der Waals surface area (Å²) in [5.74, 6) is 0.203. The molecule has 0 aromatic heterocycles. The van der Waals surface area contributed by atoms with Gasteiger partial charge in [-0.25, -0.2) is 4.79 Å². The Balaban J connectivity index is 1.94. The molecule has 0 atom stereocenters. The van der Waals surface area contributed by atoms with Crippen LogP contribution in [0.3, 0.4) is 0 Å². The molecule has 0 aliphatic heterocycles. The van der Waals surface area contributed by atoms with Crippen molar-refractivity contribution in [1.82, 2.24) is 0 Å².